The number of nitrogens with one attached hydrogen (secondary N) is 2. The van der Waals surface area contributed by atoms with Crippen LogP contribution < -0.4 is 22.1 Å². The fourth-order valence-corrected chi connectivity index (χ4v) is 1.43. The third-order valence-corrected chi connectivity index (χ3v) is 2.64. The summed E-state index contributed by atoms with van der Waals surface area (Å²) >= 11 is 3.91. The summed E-state index contributed by atoms with van der Waals surface area (Å²) in [4.78, 5) is 44.1. The van der Waals surface area contributed by atoms with Crippen LogP contribution in [0.15, 0.2) is 0 Å². The zero-order valence-electron chi connectivity index (χ0n) is 10.7. The van der Waals surface area contributed by atoms with Gasteiger partial charge < -0.3 is 27.2 Å². The summed E-state index contributed by atoms with van der Waals surface area (Å²) < 4.78 is 0. The van der Waals surface area contributed by atoms with Gasteiger partial charge in [-0.15, -0.1) is 0 Å². The van der Waals surface area contributed by atoms with Gasteiger partial charge in [0.1, 0.15) is 12.1 Å². The lowest BCUT2D eigenvalue weighted by atomic mass is 10.1. The second kappa shape index (κ2) is 9.15. The lowest BCUT2D eigenvalue weighted by molar-refractivity contribution is -0.138. The number of aliphatic carboxylic acids is 1. The van der Waals surface area contributed by atoms with Crippen LogP contribution in [-0.4, -0.2) is 53.2 Å². The number of carbonyl (C=O) groups is 4. The Labute approximate surface area is 120 Å². The molecule has 0 radical (unpaired) electrons. The number of amides is 3. The summed E-state index contributed by atoms with van der Waals surface area (Å²) in [7, 11) is 0. The number of carboxylic acids is 1. The molecular weight excluding hydrogens is 288 g/mol. The maximum absolute atomic E-state index is 11.6. The van der Waals surface area contributed by atoms with Crippen LogP contribution in [0.2, 0.25) is 0 Å². The van der Waals surface area contributed by atoms with Crippen LogP contribution >= 0.6 is 12.6 Å². The number of rotatable bonds is 9. The van der Waals surface area contributed by atoms with Crippen molar-refractivity contribution < 1.29 is 24.3 Å². The molecule has 0 aliphatic rings. The van der Waals surface area contributed by atoms with Gasteiger partial charge in [0.05, 0.1) is 6.54 Å². The first kappa shape index (κ1) is 18.2. The number of hydrogen-bond acceptors (Lipinski definition) is 6. The van der Waals surface area contributed by atoms with Gasteiger partial charge in [-0.3, -0.25) is 19.2 Å². The van der Waals surface area contributed by atoms with E-state index in [1.165, 1.54) is 0 Å². The van der Waals surface area contributed by atoms with Crippen molar-refractivity contribution in [3.05, 3.63) is 0 Å². The van der Waals surface area contributed by atoms with Crippen molar-refractivity contribution in [2.24, 2.45) is 11.5 Å². The van der Waals surface area contributed by atoms with Crippen LogP contribution in [0.3, 0.4) is 0 Å². The van der Waals surface area contributed by atoms with Crippen LogP contribution in [0.5, 0.6) is 0 Å². The van der Waals surface area contributed by atoms with Gasteiger partial charge in [-0.2, -0.15) is 12.6 Å². The van der Waals surface area contributed by atoms with Gasteiger partial charge in [-0.1, -0.05) is 0 Å². The zero-order chi connectivity index (χ0) is 15.7. The number of primary amides is 1. The fourth-order valence-electron chi connectivity index (χ4n) is 1.17. The molecule has 2 atom stereocenters. The molecule has 0 bridgehead atoms. The van der Waals surface area contributed by atoms with Crippen molar-refractivity contribution in [3.63, 3.8) is 0 Å². The topological polar surface area (TPSA) is 165 Å². The van der Waals surface area contributed by atoms with E-state index in [0.717, 1.165) is 0 Å². The molecule has 0 fully saturated rings. The Bertz CT molecular complexity index is 390. The predicted octanol–water partition coefficient (Wildman–Crippen LogP) is -2.81. The van der Waals surface area contributed by atoms with Crippen LogP contribution in [0, 0.1) is 0 Å². The fraction of sp³-hybridized carbons (Fsp3) is 0.600. The molecule has 0 saturated heterocycles. The molecule has 0 spiro atoms. The first-order valence-corrected chi connectivity index (χ1v) is 6.35. The van der Waals surface area contributed by atoms with Crippen LogP contribution in [-0.2, 0) is 19.2 Å². The lowest BCUT2D eigenvalue weighted by Gasteiger charge is -2.16. The smallest absolute Gasteiger partial charge is 0.320 e. The maximum Gasteiger partial charge on any atom is 0.320 e. The molecule has 0 aromatic rings. The molecule has 0 aromatic heterocycles. The number of hydrogen-bond donors (Lipinski definition) is 6. The molecule has 0 aliphatic heterocycles. The average molecular weight is 306 g/mol. The van der Waals surface area contributed by atoms with Gasteiger partial charge in [0.15, 0.2) is 0 Å². The first-order valence-electron chi connectivity index (χ1n) is 5.72. The number of nitrogens with two attached hydrogens (primary N) is 2. The summed E-state index contributed by atoms with van der Waals surface area (Å²) in [6.07, 6.45) is -0.190. The van der Waals surface area contributed by atoms with Crippen molar-refractivity contribution in [3.8, 4) is 0 Å². The van der Waals surface area contributed by atoms with Crippen LogP contribution in [0.25, 0.3) is 0 Å². The Morgan fingerprint density at radius 1 is 1.25 bits per heavy atom. The summed E-state index contributed by atoms with van der Waals surface area (Å²) in [5.74, 6) is -3.04. The van der Waals surface area contributed by atoms with E-state index in [9.17, 15) is 19.2 Å². The normalized spacial score (nSPS) is 13.1. The molecule has 0 aliphatic carbocycles. The summed E-state index contributed by atoms with van der Waals surface area (Å²) in [5.41, 5.74) is 10.1. The molecule has 0 heterocycles. The molecule has 20 heavy (non-hydrogen) atoms. The number of thiol groups is 1. The highest BCUT2D eigenvalue weighted by molar-refractivity contribution is 7.80. The SMILES string of the molecule is NC(=O)CNC(=O)[C@H](CS)NC(=O)CC[C@H](N)C(=O)O. The summed E-state index contributed by atoms with van der Waals surface area (Å²) in [5, 5.41) is 13.1. The molecule has 0 saturated carbocycles. The lowest BCUT2D eigenvalue weighted by Crippen LogP contribution is -2.49. The van der Waals surface area contributed by atoms with Gasteiger partial charge in [0.25, 0.3) is 0 Å². The van der Waals surface area contributed by atoms with Crippen molar-refractivity contribution >= 4 is 36.3 Å². The molecule has 0 aromatic carbocycles. The molecule has 10 heteroatoms. The Hall–Kier alpha value is -1.81. The number of carboxylic acid groups (broad SMARTS) is 1. The highest BCUT2D eigenvalue weighted by Gasteiger charge is 2.20. The second-order valence-electron chi connectivity index (χ2n) is 3.97. The van der Waals surface area contributed by atoms with Crippen molar-refractivity contribution in [2.45, 2.75) is 24.9 Å². The largest absolute Gasteiger partial charge is 0.480 e. The summed E-state index contributed by atoms with van der Waals surface area (Å²) in [6, 6.07) is -2.08. The minimum absolute atomic E-state index is 0.0152. The summed E-state index contributed by atoms with van der Waals surface area (Å²) in [6.45, 7) is -0.344. The Morgan fingerprint density at radius 3 is 2.30 bits per heavy atom. The van der Waals surface area contributed by atoms with Gasteiger partial charge in [0, 0.05) is 12.2 Å². The molecule has 7 N–H and O–H groups in total. The zero-order valence-corrected chi connectivity index (χ0v) is 11.6. The van der Waals surface area contributed by atoms with E-state index in [1.54, 1.807) is 0 Å². The molecule has 9 nitrogen and oxygen atoms in total. The maximum atomic E-state index is 11.6. The van der Waals surface area contributed by atoms with Crippen molar-refractivity contribution in [1.29, 1.82) is 0 Å². The monoisotopic (exact) mass is 306 g/mol. The van der Waals surface area contributed by atoms with E-state index in [0.29, 0.717) is 0 Å². The minimum atomic E-state index is -1.21. The van der Waals surface area contributed by atoms with Crippen LogP contribution in [0.1, 0.15) is 12.8 Å². The predicted molar refractivity (Wildman–Crippen MR) is 72.8 cm³/mol. The van der Waals surface area contributed by atoms with E-state index in [2.05, 4.69) is 23.3 Å². The first-order chi connectivity index (χ1) is 9.27. The molecule has 3 amide bonds. The second-order valence-corrected chi connectivity index (χ2v) is 4.34. The van der Waals surface area contributed by atoms with E-state index in [1.807, 2.05) is 0 Å². The van der Waals surface area contributed by atoms with Gasteiger partial charge in [-0.25, -0.2) is 0 Å². The molecule has 0 rings (SSSR count). The van der Waals surface area contributed by atoms with Crippen LogP contribution in [0.4, 0.5) is 0 Å². The molecule has 114 valence electrons. The van der Waals surface area contributed by atoms with Gasteiger partial charge in [-0.05, 0) is 6.42 Å². The van der Waals surface area contributed by atoms with Crippen molar-refractivity contribution in [1.82, 2.24) is 10.6 Å². The van der Waals surface area contributed by atoms with E-state index >= 15 is 0 Å². The quantitative estimate of drug-likeness (QED) is 0.252. The third kappa shape index (κ3) is 7.59. The van der Waals surface area contributed by atoms with E-state index in [4.69, 9.17) is 16.6 Å². The molecule has 0 unspecified atom stereocenters. The Kier molecular flexibility index (Phi) is 8.32. The Balaban J connectivity index is 4.21. The average Bonchev–Trinajstić information content (AvgIpc) is 2.38. The minimum Gasteiger partial charge on any atom is -0.480 e. The highest BCUT2D eigenvalue weighted by Crippen LogP contribution is 1.97. The number of carbonyl (C=O) groups excluding carboxylic acids is 3. The standard InChI is InChI=1S/C10H18N4O5S/c11-5(10(18)19)1-2-8(16)14-6(4-20)9(17)13-3-7(12)15/h5-6,20H,1-4,11H2,(H2,12,15)(H,13,17)(H,14,16)(H,18,19)/t5-,6-/m0/s1. The Morgan fingerprint density at radius 2 is 1.85 bits per heavy atom. The highest BCUT2D eigenvalue weighted by atomic mass is 32.1. The van der Waals surface area contributed by atoms with E-state index in [-0.39, 0.29) is 25.1 Å². The third-order valence-electron chi connectivity index (χ3n) is 2.27. The van der Waals surface area contributed by atoms with E-state index < -0.39 is 35.8 Å². The van der Waals surface area contributed by atoms with Gasteiger partial charge in [0.2, 0.25) is 17.7 Å². The molecular formula is C10H18N4O5S. The van der Waals surface area contributed by atoms with Crippen molar-refractivity contribution in [2.75, 3.05) is 12.3 Å². The van der Waals surface area contributed by atoms with Gasteiger partial charge >= 0.3 is 5.97 Å².